The van der Waals surface area contributed by atoms with Crippen molar-refractivity contribution in [3.8, 4) is 0 Å². The van der Waals surface area contributed by atoms with E-state index in [-0.39, 0.29) is 6.04 Å². The summed E-state index contributed by atoms with van der Waals surface area (Å²) >= 11 is 0. The van der Waals surface area contributed by atoms with E-state index in [1.165, 1.54) is 31.2 Å². The van der Waals surface area contributed by atoms with Crippen LogP contribution in [0.25, 0.3) is 0 Å². The molecular formula is C18H30N2. The SMILES string of the molecule is CN(CC(N)Cc1ccccc1)C1CCC(C)(C)CC1. The first-order chi connectivity index (χ1) is 9.46. The van der Waals surface area contributed by atoms with Crippen molar-refractivity contribution in [2.75, 3.05) is 13.6 Å². The molecule has 2 heteroatoms. The van der Waals surface area contributed by atoms with E-state index in [0.29, 0.717) is 5.41 Å². The first kappa shape index (κ1) is 15.5. The average Bonchev–Trinajstić information content (AvgIpc) is 2.39. The van der Waals surface area contributed by atoms with Crippen molar-refractivity contribution in [1.82, 2.24) is 4.90 Å². The highest BCUT2D eigenvalue weighted by molar-refractivity contribution is 5.15. The minimum absolute atomic E-state index is 0.234. The maximum Gasteiger partial charge on any atom is 0.0208 e. The summed E-state index contributed by atoms with van der Waals surface area (Å²) in [7, 11) is 2.24. The normalized spacial score (nSPS) is 21.1. The highest BCUT2D eigenvalue weighted by Gasteiger charge is 2.29. The topological polar surface area (TPSA) is 29.3 Å². The molecule has 1 unspecified atom stereocenters. The van der Waals surface area contributed by atoms with E-state index in [1.54, 1.807) is 0 Å². The van der Waals surface area contributed by atoms with E-state index in [9.17, 15) is 0 Å². The Hall–Kier alpha value is -0.860. The van der Waals surface area contributed by atoms with Crippen LogP contribution in [0.1, 0.15) is 45.1 Å². The van der Waals surface area contributed by atoms with Crippen molar-refractivity contribution in [2.24, 2.45) is 11.1 Å². The zero-order valence-corrected chi connectivity index (χ0v) is 13.3. The van der Waals surface area contributed by atoms with E-state index in [4.69, 9.17) is 5.73 Å². The Balaban J connectivity index is 1.78. The fraction of sp³-hybridized carbons (Fsp3) is 0.667. The summed E-state index contributed by atoms with van der Waals surface area (Å²) in [5.41, 5.74) is 8.22. The molecule has 0 aromatic heterocycles. The van der Waals surface area contributed by atoms with Gasteiger partial charge in [-0.3, -0.25) is 0 Å². The van der Waals surface area contributed by atoms with Gasteiger partial charge in [0.15, 0.2) is 0 Å². The molecule has 2 nitrogen and oxygen atoms in total. The Labute approximate surface area is 124 Å². The Morgan fingerprint density at radius 1 is 1.20 bits per heavy atom. The number of hydrogen-bond donors (Lipinski definition) is 1. The number of nitrogens with two attached hydrogens (primary N) is 1. The maximum absolute atomic E-state index is 6.32. The van der Waals surface area contributed by atoms with Gasteiger partial charge in [0.25, 0.3) is 0 Å². The Morgan fingerprint density at radius 3 is 2.40 bits per heavy atom. The van der Waals surface area contributed by atoms with Crippen LogP contribution in [0.3, 0.4) is 0 Å². The second-order valence-electron chi connectivity index (χ2n) is 7.28. The van der Waals surface area contributed by atoms with Crippen LogP contribution in [-0.4, -0.2) is 30.6 Å². The summed E-state index contributed by atoms with van der Waals surface area (Å²) in [6.45, 7) is 5.79. The fourth-order valence-electron chi connectivity index (χ4n) is 3.33. The second kappa shape index (κ2) is 6.73. The van der Waals surface area contributed by atoms with Crippen molar-refractivity contribution in [1.29, 1.82) is 0 Å². The average molecular weight is 274 g/mol. The van der Waals surface area contributed by atoms with Crippen LogP contribution in [0.5, 0.6) is 0 Å². The highest BCUT2D eigenvalue weighted by Crippen LogP contribution is 2.36. The quantitative estimate of drug-likeness (QED) is 0.891. The van der Waals surface area contributed by atoms with Crippen molar-refractivity contribution in [3.05, 3.63) is 35.9 Å². The van der Waals surface area contributed by atoms with Gasteiger partial charge in [0.2, 0.25) is 0 Å². The Bertz CT molecular complexity index is 389. The minimum Gasteiger partial charge on any atom is -0.326 e. The van der Waals surface area contributed by atoms with Crippen LogP contribution >= 0.6 is 0 Å². The molecule has 112 valence electrons. The van der Waals surface area contributed by atoms with E-state index in [2.05, 4.69) is 56.1 Å². The van der Waals surface area contributed by atoms with E-state index < -0.39 is 0 Å². The lowest BCUT2D eigenvalue weighted by Gasteiger charge is -2.39. The molecule has 1 saturated carbocycles. The predicted octanol–water partition coefficient (Wildman–Crippen LogP) is 3.46. The van der Waals surface area contributed by atoms with Gasteiger partial charge in [-0.1, -0.05) is 44.2 Å². The molecule has 1 aromatic carbocycles. The summed E-state index contributed by atoms with van der Waals surface area (Å²) in [6, 6.07) is 11.5. The van der Waals surface area contributed by atoms with Gasteiger partial charge in [-0.2, -0.15) is 0 Å². The lowest BCUT2D eigenvalue weighted by Crippen LogP contribution is -2.44. The molecule has 0 aliphatic heterocycles. The van der Waals surface area contributed by atoms with Crippen LogP contribution < -0.4 is 5.73 Å². The van der Waals surface area contributed by atoms with Crippen LogP contribution in [0, 0.1) is 5.41 Å². The number of hydrogen-bond acceptors (Lipinski definition) is 2. The molecule has 2 N–H and O–H groups in total. The number of benzene rings is 1. The third-order valence-electron chi connectivity index (χ3n) is 4.80. The fourth-order valence-corrected chi connectivity index (χ4v) is 3.33. The number of likely N-dealkylation sites (N-methyl/N-ethyl adjacent to an activating group) is 1. The molecule has 1 aromatic rings. The van der Waals surface area contributed by atoms with Gasteiger partial charge in [-0.05, 0) is 50.1 Å². The van der Waals surface area contributed by atoms with Crippen LogP contribution in [-0.2, 0) is 6.42 Å². The van der Waals surface area contributed by atoms with Crippen LogP contribution in [0.2, 0.25) is 0 Å². The van der Waals surface area contributed by atoms with E-state index in [0.717, 1.165) is 19.0 Å². The zero-order valence-electron chi connectivity index (χ0n) is 13.3. The molecule has 1 fully saturated rings. The molecule has 2 rings (SSSR count). The summed E-state index contributed by atoms with van der Waals surface area (Å²) in [4.78, 5) is 2.49. The van der Waals surface area contributed by atoms with Gasteiger partial charge in [-0.25, -0.2) is 0 Å². The minimum atomic E-state index is 0.234. The Morgan fingerprint density at radius 2 is 1.80 bits per heavy atom. The molecule has 0 spiro atoms. The molecule has 20 heavy (non-hydrogen) atoms. The standard InChI is InChI=1S/C18H30N2/c1-18(2)11-9-17(10-12-18)20(3)14-16(19)13-15-7-5-4-6-8-15/h4-8,16-17H,9-14,19H2,1-3H3. The first-order valence-electron chi connectivity index (χ1n) is 7.96. The van der Waals surface area contributed by atoms with Gasteiger partial charge in [0.05, 0.1) is 0 Å². The monoisotopic (exact) mass is 274 g/mol. The van der Waals surface area contributed by atoms with Crippen LogP contribution in [0.4, 0.5) is 0 Å². The molecular weight excluding hydrogens is 244 g/mol. The third kappa shape index (κ3) is 4.60. The van der Waals surface area contributed by atoms with Gasteiger partial charge >= 0.3 is 0 Å². The molecule has 0 saturated heterocycles. The van der Waals surface area contributed by atoms with Crippen molar-refractivity contribution in [2.45, 2.75) is 58.0 Å². The first-order valence-corrected chi connectivity index (χ1v) is 7.96. The molecule has 0 radical (unpaired) electrons. The van der Waals surface area contributed by atoms with E-state index in [1.807, 2.05) is 0 Å². The lowest BCUT2D eigenvalue weighted by molar-refractivity contribution is 0.123. The number of rotatable bonds is 5. The molecule has 0 amide bonds. The van der Waals surface area contributed by atoms with Crippen molar-refractivity contribution >= 4 is 0 Å². The molecule has 0 heterocycles. The molecule has 1 atom stereocenters. The summed E-state index contributed by atoms with van der Waals surface area (Å²) in [5, 5.41) is 0. The van der Waals surface area contributed by atoms with Crippen molar-refractivity contribution < 1.29 is 0 Å². The van der Waals surface area contributed by atoms with Gasteiger partial charge < -0.3 is 10.6 Å². The molecule has 0 bridgehead atoms. The van der Waals surface area contributed by atoms with E-state index >= 15 is 0 Å². The highest BCUT2D eigenvalue weighted by atomic mass is 15.1. The second-order valence-corrected chi connectivity index (χ2v) is 7.28. The van der Waals surface area contributed by atoms with Crippen molar-refractivity contribution in [3.63, 3.8) is 0 Å². The molecule has 1 aliphatic carbocycles. The van der Waals surface area contributed by atoms with Gasteiger partial charge in [0, 0.05) is 18.6 Å². The van der Waals surface area contributed by atoms with Crippen LogP contribution in [0.15, 0.2) is 30.3 Å². The molecule has 1 aliphatic rings. The third-order valence-corrected chi connectivity index (χ3v) is 4.80. The summed E-state index contributed by atoms with van der Waals surface area (Å²) in [5.74, 6) is 0. The van der Waals surface area contributed by atoms with Gasteiger partial charge in [0.1, 0.15) is 0 Å². The smallest absolute Gasteiger partial charge is 0.0208 e. The summed E-state index contributed by atoms with van der Waals surface area (Å²) in [6.07, 6.45) is 6.30. The largest absolute Gasteiger partial charge is 0.326 e. The predicted molar refractivity (Wildman–Crippen MR) is 86.8 cm³/mol. The lowest BCUT2D eigenvalue weighted by atomic mass is 9.75. The van der Waals surface area contributed by atoms with Gasteiger partial charge in [-0.15, -0.1) is 0 Å². The zero-order chi connectivity index (χ0) is 14.6. The Kier molecular flexibility index (Phi) is 5.22. The summed E-state index contributed by atoms with van der Waals surface area (Å²) < 4.78 is 0. The number of nitrogens with zero attached hydrogens (tertiary/aromatic N) is 1. The maximum atomic E-state index is 6.32.